The number of hydrogen-bond acceptors (Lipinski definition) is 3. The van der Waals surface area contributed by atoms with Crippen molar-refractivity contribution >= 4 is 17.6 Å². The number of halogens is 3. The number of hydrogen-bond donors (Lipinski definition) is 3. The minimum Gasteiger partial charge on any atom is -0.478 e. The van der Waals surface area contributed by atoms with Crippen molar-refractivity contribution in [1.82, 2.24) is 0 Å². The Morgan fingerprint density at radius 2 is 2.00 bits per heavy atom. The smallest absolute Gasteiger partial charge is 0.416 e. The first-order valence-corrected chi connectivity index (χ1v) is 5.78. The summed E-state index contributed by atoms with van der Waals surface area (Å²) in [5.41, 5.74) is 3.43. The van der Waals surface area contributed by atoms with Gasteiger partial charge < -0.3 is 16.2 Å². The number of benzene rings is 1. The number of aromatic carboxylic acids is 1. The fraction of sp³-hybridized carbons (Fsp3) is 0.231. The summed E-state index contributed by atoms with van der Waals surface area (Å²) in [4.78, 5) is 22.5. The first-order chi connectivity index (χ1) is 9.65. The van der Waals surface area contributed by atoms with Crippen molar-refractivity contribution in [3.8, 4) is 0 Å². The zero-order chi connectivity index (χ0) is 16.2. The molecule has 5 nitrogen and oxygen atoms in total. The summed E-state index contributed by atoms with van der Waals surface area (Å²) in [6.07, 6.45) is -3.20. The number of carboxylic acids is 1. The lowest BCUT2D eigenvalue weighted by Crippen LogP contribution is -2.35. The van der Waals surface area contributed by atoms with Crippen LogP contribution in [0, 0.1) is 0 Å². The molecule has 21 heavy (non-hydrogen) atoms. The van der Waals surface area contributed by atoms with Crippen molar-refractivity contribution in [3.05, 3.63) is 42.0 Å². The lowest BCUT2D eigenvalue weighted by Gasteiger charge is -2.13. The first kappa shape index (κ1) is 16.7. The molecule has 0 aliphatic rings. The van der Waals surface area contributed by atoms with Crippen molar-refractivity contribution in [2.75, 3.05) is 5.32 Å². The molecular weight excluding hydrogens is 289 g/mol. The Hall–Kier alpha value is -2.35. The zero-order valence-corrected chi connectivity index (χ0v) is 10.8. The van der Waals surface area contributed by atoms with Crippen LogP contribution in [-0.2, 0) is 11.0 Å². The van der Waals surface area contributed by atoms with E-state index < -0.39 is 35.2 Å². The topological polar surface area (TPSA) is 92.4 Å². The molecule has 0 saturated heterocycles. The lowest BCUT2D eigenvalue weighted by molar-refractivity contribution is -0.137. The van der Waals surface area contributed by atoms with Gasteiger partial charge in [0.2, 0.25) is 5.91 Å². The molecule has 1 rings (SSSR count). The van der Waals surface area contributed by atoms with E-state index in [1.54, 1.807) is 0 Å². The molecule has 1 aromatic rings. The van der Waals surface area contributed by atoms with Gasteiger partial charge in [0.1, 0.15) is 0 Å². The van der Waals surface area contributed by atoms with Gasteiger partial charge in [0.25, 0.3) is 0 Å². The molecule has 0 fully saturated rings. The number of rotatable bonds is 5. The van der Waals surface area contributed by atoms with E-state index in [0.717, 1.165) is 6.07 Å². The Labute approximate surface area is 118 Å². The summed E-state index contributed by atoms with van der Waals surface area (Å²) in [6.45, 7) is 3.39. The highest BCUT2D eigenvalue weighted by Gasteiger charge is 2.32. The maximum Gasteiger partial charge on any atom is 0.416 e. The highest BCUT2D eigenvalue weighted by Crippen LogP contribution is 2.32. The van der Waals surface area contributed by atoms with E-state index in [9.17, 15) is 22.8 Å². The van der Waals surface area contributed by atoms with Crippen molar-refractivity contribution in [2.24, 2.45) is 5.73 Å². The standard InChI is InChI=1S/C13H13F3N2O3/c1-2-3-10(17)11(19)18-9-5-7(12(20)21)4-8(6-9)13(14,15)16/h2,4-6,10H,1,3,17H2,(H,18,19)(H,20,21). The van der Waals surface area contributed by atoms with Gasteiger partial charge in [0, 0.05) is 5.69 Å². The SMILES string of the molecule is C=CCC(N)C(=O)Nc1cc(C(=O)O)cc(C(F)(F)F)c1. The molecule has 0 radical (unpaired) electrons. The fourth-order valence-corrected chi connectivity index (χ4v) is 1.51. The summed E-state index contributed by atoms with van der Waals surface area (Å²) >= 11 is 0. The minimum absolute atomic E-state index is 0.135. The summed E-state index contributed by atoms with van der Waals surface area (Å²) in [6, 6.07) is 1.08. The van der Waals surface area contributed by atoms with E-state index in [0.29, 0.717) is 12.1 Å². The van der Waals surface area contributed by atoms with Crippen LogP contribution >= 0.6 is 0 Å². The molecule has 0 aromatic heterocycles. The molecule has 8 heteroatoms. The van der Waals surface area contributed by atoms with Gasteiger partial charge in [-0.15, -0.1) is 6.58 Å². The Morgan fingerprint density at radius 3 is 2.48 bits per heavy atom. The molecule has 1 amide bonds. The van der Waals surface area contributed by atoms with Crippen molar-refractivity contribution in [2.45, 2.75) is 18.6 Å². The summed E-state index contributed by atoms with van der Waals surface area (Å²) in [5, 5.41) is 11.0. The van der Waals surface area contributed by atoms with Crippen LogP contribution in [-0.4, -0.2) is 23.0 Å². The largest absolute Gasteiger partial charge is 0.478 e. The van der Waals surface area contributed by atoms with E-state index in [-0.39, 0.29) is 12.1 Å². The van der Waals surface area contributed by atoms with E-state index in [2.05, 4.69) is 11.9 Å². The Bertz CT molecular complexity index is 570. The average Bonchev–Trinajstić information content (AvgIpc) is 2.37. The third-order valence-corrected chi connectivity index (χ3v) is 2.53. The molecule has 114 valence electrons. The van der Waals surface area contributed by atoms with Crippen LogP contribution in [0.5, 0.6) is 0 Å². The van der Waals surface area contributed by atoms with Gasteiger partial charge in [-0.2, -0.15) is 13.2 Å². The highest BCUT2D eigenvalue weighted by atomic mass is 19.4. The zero-order valence-electron chi connectivity index (χ0n) is 10.8. The van der Waals surface area contributed by atoms with Crippen LogP contribution in [0.2, 0.25) is 0 Å². The molecule has 0 aliphatic carbocycles. The number of amides is 1. The molecule has 1 unspecified atom stereocenters. The van der Waals surface area contributed by atoms with Gasteiger partial charge in [-0.1, -0.05) is 6.08 Å². The van der Waals surface area contributed by atoms with Crippen LogP contribution in [0.3, 0.4) is 0 Å². The highest BCUT2D eigenvalue weighted by molar-refractivity contribution is 5.96. The number of carbonyl (C=O) groups is 2. The van der Waals surface area contributed by atoms with E-state index in [1.807, 2.05) is 0 Å². The number of nitrogens with one attached hydrogen (secondary N) is 1. The third-order valence-electron chi connectivity index (χ3n) is 2.53. The molecule has 1 atom stereocenters. The van der Waals surface area contributed by atoms with Crippen molar-refractivity contribution in [1.29, 1.82) is 0 Å². The van der Waals surface area contributed by atoms with Gasteiger partial charge in [-0.25, -0.2) is 4.79 Å². The van der Waals surface area contributed by atoms with Crippen LogP contribution in [0.1, 0.15) is 22.3 Å². The summed E-state index contributed by atoms with van der Waals surface area (Å²) < 4.78 is 38.1. The molecule has 4 N–H and O–H groups in total. The normalized spacial score (nSPS) is 12.6. The number of alkyl halides is 3. The average molecular weight is 302 g/mol. The Balaban J connectivity index is 3.12. The number of anilines is 1. The van der Waals surface area contributed by atoms with Gasteiger partial charge >= 0.3 is 12.1 Å². The molecule has 0 saturated carbocycles. The van der Waals surface area contributed by atoms with Crippen LogP contribution in [0.25, 0.3) is 0 Å². The second kappa shape index (κ2) is 6.40. The maximum atomic E-state index is 12.7. The van der Waals surface area contributed by atoms with Crippen molar-refractivity contribution < 1.29 is 27.9 Å². The molecular formula is C13H13F3N2O3. The molecule has 0 bridgehead atoms. The van der Waals surface area contributed by atoms with E-state index >= 15 is 0 Å². The molecule has 0 aliphatic heterocycles. The van der Waals surface area contributed by atoms with Crippen molar-refractivity contribution in [3.63, 3.8) is 0 Å². The number of nitrogens with two attached hydrogens (primary N) is 1. The van der Waals surface area contributed by atoms with Gasteiger partial charge in [-0.3, -0.25) is 4.79 Å². The third kappa shape index (κ3) is 4.60. The van der Waals surface area contributed by atoms with Crippen LogP contribution in [0.15, 0.2) is 30.9 Å². The van der Waals surface area contributed by atoms with Crippen LogP contribution in [0.4, 0.5) is 18.9 Å². The monoisotopic (exact) mass is 302 g/mol. The second-order valence-electron chi connectivity index (χ2n) is 4.22. The fourth-order valence-electron chi connectivity index (χ4n) is 1.51. The van der Waals surface area contributed by atoms with Gasteiger partial charge in [0.15, 0.2) is 0 Å². The summed E-state index contributed by atoms with van der Waals surface area (Å²) in [7, 11) is 0. The molecule has 0 heterocycles. The lowest BCUT2D eigenvalue weighted by atomic mass is 10.1. The predicted molar refractivity (Wildman–Crippen MR) is 69.8 cm³/mol. The second-order valence-corrected chi connectivity index (χ2v) is 4.22. The Kier molecular flexibility index (Phi) is 5.09. The first-order valence-electron chi connectivity index (χ1n) is 5.78. The number of carbonyl (C=O) groups excluding carboxylic acids is 1. The van der Waals surface area contributed by atoms with Gasteiger partial charge in [0.05, 0.1) is 17.2 Å². The van der Waals surface area contributed by atoms with Crippen LogP contribution < -0.4 is 11.1 Å². The summed E-state index contributed by atoms with van der Waals surface area (Å²) in [5.74, 6) is -2.27. The minimum atomic E-state index is -4.73. The maximum absolute atomic E-state index is 12.7. The number of carboxylic acid groups (broad SMARTS) is 1. The molecule has 0 spiro atoms. The van der Waals surface area contributed by atoms with E-state index in [1.165, 1.54) is 6.08 Å². The Morgan fingerprint density at radius 1 is 1.38 bits per heavy atom. The van der Waals surface area contributed by atoms with Gasteiger partial charge in [-0.05, 0) is 24.6 Å². The van der Waals surface area contributed by atoms with E-state index in [4.69, 9.17) is 10.8 Å². The predicted octanol–water partition coefficient (Wildman–Crippen LogP) is 2.25. The molecule has 1 aromatic carbocycles. The quantitative estimate of drug-likeness (QED) is 0.727.